The van der Waals surface area contributed by atoms with Crippen LogP contribution < -0.4 is 5.32 Å². The number of rotatable bonds is 3. The fourth-order valence-electron chi connectivity index (χ4n) is 1.46. The summed E-state index contributed by atoms with van der Waals surface area (Å²) in [6, 6.07) is 1.66. The summed E-state index contributed by atoms with van der Waals surface area (Å²) in [5.41, 5.74) is 0.474. The first kappa shape index (κ1) is 11.0. The number of anilines is 1. The van der Waals surface area contributed by atoms with Crippen molar-refractivity contribution in [3.05, 3.63) is 28.7 Å². The molecule has 0 aromatic carbocycles. The lowest BCUT2D eigenvalue weighted by molar-refractivity contribution is -0.383. The molecule has 0 aliphatic rings. The molecule has 0 saturated carbocycles. The zero-order chi connectivity index (χ0) is 12.4. The van der Waals surface area contributed by atoms with Gasteiger partial charge in [-0.2, -0.15) is 5.10 Å². The van der Waals surface area contributed by atoms with Gasteiger partial charge in [-0.3, -0.25) is 14.8 Å². The topological polar surface area (TPSA) is 98.8 Å². The van der Waals surface area contributed by atoms with E-state index in [0.29, 0.717) is 5.69 Å². The van der Waals surface area contributed by atoms with Crippen molar-refractivity contribution in [2.24, 2.45) is 7.05 Å². The molecule has 0 aliphatic heterocycles. The number of nitrogens with zero attached hydrogens (tertiary/aromatic N) is 5. The Balaban J connectivity index is 2.65. The van der Waals surface area contributed by atoms with E-state index >= 15 is 0 Å². The van der Waals surface area contributed by atoms with Crippen molar-refractivity contribution in [3.8, 4) is 11.4 Å². The van der Waals surface area contributed by atoms with Crippen molar-refractivity contribution >= 4 is 11.5 Å². The van der Waals surface area contributed by atoms with Crippen LogP contribution in [0.2, 0.25) is 0 Å². The number of aryl methyl sites for hydroxylation is 1. The van der Waals surface area contributed by atoms with Gasteiger partial charge in [0.25, 0.3) is 0 Å². The standard InChI is InChI=1S/C9H10N6O2/c1-10-9-8(15(16)17)7(11-5-12-9)6-3-4-14(2)13-6/h3-5H,1-2H3,(H,10,11,12). The van der Waals surface area contributed by atoms with Gasteiger partial charge in [-0.25, -0.2) is 9.97 Å². The Kier molecular flexibility index (Phi) is 2.69. The van der Waals surface area contributed by atoms with Gasteiger partial charge in [0.2, 0.25) is 5.82 Å². The molecule has 2 aromatic rings. The monoisotopic (exact) mass is 234 g/mol. The van der Waals surface area contributed by atoms with Gasteiger partial charge in [0, 0.05) is 20.3 Å². The molecular formula is C9H10N6O2. The SMILES string of the molecule is CNc1ncnc(-c2ccn(C)n2)c1[N+](=O)[O-]. The Labute approximate surface area is 96.5 Å². The molecule has 88 valence electrons. The van der Waals surface area contributed by atoms with Gasteiger partial charge in [0.1, 0.15) is 12.0 Å². The van der Waals surface area contributed by atoms with Crippen molar-refractivity contribution in [3.63, 3.8) is 0 Å². The van der Waals surface area contributed by atoms with E-state index in [0.717, 1.165) is 0 Å². The Bertz CT molecular complexity index is 564. The molecule has 2 rings (SSSR count). The third-order valence-electron chi connectivity index (χ3n) is 2.20. The number of hydrogen-bond donors (Lipinski definition) is 1. The lowest BCUT2D eigenvalue weighted by Crippen LogP contribution is -2.03. The molecule has 0 bridgehead atoms. The maximum Gasteiger partial charge on any atom is 0.339 e. The maximum absolute atomic E-state index is 11.0. The average molecular weight is 234 g/mol. The molecule has 2 aromatic heterocycles. The molecule has 0 aliphatic carbocycles. The fourth-order valence-corrected chi connectivity index (χ4v) is 1.46. The maximum atomic E-state index is 11.0. The molecule has 0 atom stereocenters. The van der Waals surface area contributed by atoms with E-state index in [9.17, 15) is 10.1 Å². The van der Waals surface area contributed by atoms with Crippen LogP contribution in [0.15, 0.2) is 18.6 Å². The quantitative estimate of drug-likeness (QED) is 0.623. The highest BCUT2D eigenvalue weighted by molar-refractivity contribution is 5.74. The third kappa shape index (κ3) is 1.92. The number of nitrogens with one attached hydrogen (secondary N) is 1. The van der Waals surface area contributed by atoms with Crippen LogP contribution in [-0.4, -0.2) is 31.7 Å². The average Bonchev–Trinajstić information content (AvgIpc) is 2.74. The minimum absolute atomic E-state index is 0.172. The molecule has 0 saturated heterocycles. The summed E-state index contributed by atoms with van der Waals surface area (Å²) in [6.45, 7) is 0. The third-order valence-corrected chi connectivity index (χ3v) is 2.20. The van der Waals surface area contributed by atoms with Crippen LogP contribution in [-0.2, 0) is 7.05 Å². The molecule has 0 spiro atoms. The Hall–Kier alpha value is -2.51. The molecule has 0 amide bonds. The smallest absolute Gasteiger partial charge is 0.339 e. The highest BCUT2D eigenvalue weighted by Crippen LogP contribution is 2.31. The first-order valence-corrected chi connectivity index (χ1v) is 4.80. The highest BCUT2D eigenvalue weighted by atomic mass is 16.6. The van der Waals surface area contributed by atoms with Crippen LogP contribution in [0.4, 0.5) is 11.5 Å². The predicted molar refractivity (Wildman–Crippen MR) is 60.4 cm³/mol. The number of hydrogen-bond acceptors (Lipinski definition) is 6. The van der Waals surface area contributed by atoms with Gasteiger partial charge in [-0.1, -0.05) is 0 Å². The molecular weight excluding hydrogens is 224 g/mol. The molecule has 0 unspecified atom stereocenters. The summed E-state index contributed by atoms with van der Waals surface area (Å²) in [7, 11) is 3.30. The van der Waals surface area contributed by atoms with Gasteiger partial charge < -0.3 is 5.32 Å². The normalized spacial score (nSPS) is 10.2. The van der Waals surface area contributed by atoms with Crippen molar-refractivity contribution < 1.29 is 4.92 Å². The van der Waals surface area contributed by atoms with Crippen LogP contribution in [0.5, 0.6) is 0 Å². The summed E-state index contributed by atoms with van der Waals surface area (Å²) in [6.07, 6.45) is 2.96. The van der Waals surface area contributed by atoms with Crippen LogP contribution in [0.3, 0.4) is 0 Å². The zero-order valence-electron chi connectivity index (χ0n) is 9.28. The second-order valence-corrected chi connectivity index (χ2v) is 3.30. The Morgan fingerprint density at radius 3 is 2.76 bits per heavy atom. The molecule has 0 radical (unpaired) electrons. The van der Waals surface area contributed by atoms with Crippen LogP contribution in [0.25, 0.3) is 11.4 Å². The lowest BCUT2D eigenvalue weighted by atomic mass is 10.2. The first-order valence-electron chi connectivity index (χ1n) is 4.80. The van der Waals surface area contributed by atoms with Gasteiger partial charge in [0.15, 0.2) is 5.69 Å². The second-order valence-electron chi connectivity index (χ2n) is 3.30. The van der Waals surface area contributed by atoms with Gasteiger partial charge >= 0.3 is 5.69 Å². The molecule has 8 nitrogen and oxygen atoms in total. The second kappa shape index (κ2) is 4.16. The minimum atomic E-state index is -0.518. The van der Waals surface area contributed by atoms with Gasteiger partial charge in [0.05, 0.1) is 4.92 Å². The predicted octanol–water partition coefficient (Wildman–Crippen LogP) is 0.827. The van der Waals surface area contributed by atoms with Crippen molar-refractivity contribution in [1.29, 1.82) is 0 Å². The highest BCUT2D eigenvalue weighted by Gasteiger charge is 2.24. The minimum Gasteiger partial charge on any atom is -0.367 e. The van der Waals surface area contributed by atoms with Crippen molar-refractivity contribution in [1.82, 2.24) is 19.7 Å². The summed E-state index contributed by atoms with van der Waals surface area (Å²) in [5.74, 6) is 0.172. The van der Waals surface area contributed by atoms with Crippen LogP contribution >= 0.6 is 0 Å². The molecule has 2 heterocycles. The van der Waals surface area contributed by atoms with Gasteiger partial charge in [-0.05, 0) is 6.07 Å². The van der Waals surface area contributed by atoms with Gasteiger partial charge in [-0.15, -0.1) is 0 Å². The molecule has 0 fully saturated rings. The first-order chi connectivity index (χ1) is 8.13. The molecule has 8 heteroatoms. The largest absolute Gasteiger partial charge is 0.367 e. The Morgan fingerprint density at radius 1 is 1.47 bits per heavy atom. The Morgan fingerprint density at radius 2 is 2.24 bits per heavy atom. The summed E-state index contributed by atoms with van der Waals surface area (Å²) >= 11 is 0. The van der Waals surface area contributed by atoms with E-state index in [1.165, 1.54) is 6.33 Å². The summed E-state index contributed by atoms with van der Waals surface area (Å²) in [5, 5.41) is 17.8. The van der Waals surface area contributed by atoms with E-state index in [2.05, 4.69) is 20.4 Å². The number of nitro groups is 1. The molecule has 17 heavy (non-hydrogen) atoms. The van der Waals surface area contributed by atoms with Crippen molar-refractivity contribution in [2.75, 3.05) is 12.4 Å². The zero-order valence-corrected chi connectivity index (χ0v) is 9.28. The van der Waals surface area contributed by atoms with E-state index in [1.807, 2.05) is 0 Å². The van der Waals surface area contributed by atoms with E-state index in [1.54, 1.807) is 31.0 Å². The summed E-state index contributed by atoms with van der Waals surface area (Å²) in [4.78, 5) is 18.3. The molecule has 1 N–H and O–H groups in total. The fraction of sp³-hybridized carbons (Fsp3) is 0.222. The van der Waals surface area contributed by atoms with E-state index in [-0.39, 0.29) is 17.2 Å². The van der Waals surface area contributed by atoms with Crippen LogP contribution in [0, 0.1) is 10.1 Å². The van der Waals surface area contributed by atoms with E-state index < -0.39 is 4.92 Å². The number of aromatic nitrogens is 4. The van der Waals surface area contributed by atoms with Crippen LogP contribution in [0.1, 0.15) is 0 Å². The summed E-state index contributed by atoms with van der Waals surface area (Å²) < 4.78 is 1.56. The lowest BCUT2D eigenvalue weighted by Gasteiger charge is -2.03. The van der Waals surface area contributed by atoms with Crippen molar-refractivity contribution in [2.45, 2.75) is 0 Å². The van der Waals surface area contributed by atoms with E-state index in [4.69, 9.17) is 0 Å².